The average Bonchev–Trinajstić information content (AvgIpc) is 3.30. The van der Waals surface area contributed by atoms with Crippen molar-refractivity contribution in [3.05, 3.63) is 179 Å². The Kier molecular flexibility index (Phi) is 6.07. The van der Waals surface area contributed by atoms with Crippen LogP contribution < -0.4 is 4.90 Å². The predicted molar refractivity (Wildman–Crippen MR) is 166 cm³/mol. The Balaban J connectivity index is 1.31. The number of fused-ring (bicyclic) bond motifs is 2. The number of rotatable bonds is 5. The largest absolute Gasteiger partial charge is 0.310 e. The van der Waals surface area contributed by atoms with Crippen LogP contribution >= 0.6 is 0 Å². The molecule has 6 aromatic carbocycles. The Morgan fingerprint density at radius 2 is 1.18 bits per heavy atom. The van der Waals surface area contributed by atoms with Gasteiger partial charge in [-0.2, -0.15) is 0 Å². The Morgan fingerprint density at radius 1 is 0.550 bits per heavy atom. The monoisotopic (exact) mass is 513 g/mol. The zero-order chi connectivity index (χ0) is 26.9. The minimum atomic E-state index is -0.0684. The quantitative estimate of drug-likeness (QED) is 0.214. The number of hydrogen-bond acceptors (Lipinski definition) is 2. The number of carbonyl (C=O) groups is 1. The third-order valence-corrected chi connectivity index (χ3v) is 7.72. The Bertz CT molecular complexity index is 1850. The maximum absolute atomic E-state index is 13.6. The number of benzene rings is 6. The zero-order valence-corrected chi connectivity index (χ0v) is 21.9. The molecule has 0 N–H and O–H groups in total. The highest BCUT2D eigenvalue weighted by molar-refractivity contribution is 6.17. The molecule has 0 spiro atoms. The maximum atomic E-state index is 13.6. The molecule has 2 nitrogen and oxygen atoms in total. The van der Waals surface area contributed by atoms with E-state index < -0.39 is 0 Å². The molecule has 0 fully saturated rings. The van der Waals surface area contributed by atoms with Crippen molar-refractivity contribution in [1.82, 2.24) is 0 Å². The van der Waals surface area contributed by atoms with Crippen LogP contribution in [0.2, 0.25) is 0 Å². The van der Waals surface area contributed by atoms with Crippen LogP contribution in [0.5, 0.6) is 0 Å². The smallest absolute Gasteiger partial charge is 0.190 e. The van der Waals surface area contributed by atoms with Gasteiger partial charge in [-0.15, -0.1) is 0 Å². The first-order valence-electron chi connectivity index (χ1n) is 13.6. The number of allylic oxidation sites excluding steroid dienone is 1. The van der Waals surface area contributed by atoms with Gasteiger partial charge in [0, 0.05) is 33.8 Å². The summed E-state index contributed by atoms with van der Waals surface area (Å²) in [7, 11) is 0. The summed E-state index contributed by atoms with van der Waals surface area (Å²) < 4.78 is 0. The standard InChI is InChI=1S/C38H27NO/c40-38-34-20-10-9-19-33(34)37(29-13-3-1-4-14-29)35(38)26-27-22-24-31(25-23-27)39(30-16-5-2-6-17-30)36-21-11-15-28-12-7-8-18-32(28)36/h1-26,37H/b35-26-. The van der Waals surface area contributed by atoms with Crippen molar-refractivity contribution in [1.29, 1.82) is 0 Å². The molecule has 1 unspecified atom stereocenters. The summed E-state index contributed by atoms with van der Waals surface area (Å²) in [6.07, 6.45) is 2.06. The van der Waals surface area contributed by atoms with Gasteiger partial charge in [0.2, 0.25) is 0 Å². The van der Waals surface area contributed by atoms with Gasteiger partial charge < -0.3 is 4.90 Å². The number of ketones is 1. The van der Waals surface area contributed by atoms with Gasteiger partial charge in [-0.25, -0.2) is 0 Å². The predicted octanol–water partition coefficient (Wildman–Crippen LogP) is 9.72. The zero-order valence-electron chi connectivity index (χ0n) is 21.9. The molecule has 0 heterocycles. The fraction of sp³-hybridized carbons (Fsp3) is 0.0263. The van der Waals surface area contributed by atoms with E-state index in [1.807, 2.05) is 42.5 Å². The van der Waals surface area contributed by atoms with Gasteiger partial charge in [-0.1, -0.05) is 121 Å². The molecule has 2 heteroatoms. The third-order valence-electron chi connectivity index (χ3n) is 7.72. The number of Topliss-reactive ketones (excluding diaryl/α,β-unsaturated/α-hetero) is 1. The molecular formula is C38H27NO. The highest BCUT2D eigenvalue weighted by atomic mass is 16.1. The van der Waals surface area contributed by atoms with E-state index in [2.05, 4.69) is 120 Å². The van der Waals surface area contributed by atoms with Gasteiger partial charge in [-0.3, -0.25) is 4.79 Å². The summed E-state index contributed by atoms with van der Waals surface area (Å²) in [5.41, 5.74) is 8.11. The average molecular weight is 514 g/mol. The minimum Gasteiger partial charge on any atom is -0.310 e. The lowest BCUT2D eigenvalue weighted by atomic mass is 9.89. The second kappa shape index (κ2) is 10.2. The topological polar surface area (TPSA) is 20.3 Å². The van der Waals surface area contributed by atoms with Crippen molar-refractivity contribution in [2.75, 3.05) is 4.90 Å². The Hall–Kier alpha value is -5.21. The molecule has 7 rings (SSSR count). The van der Waals surface area contributed by atoms with Crippen LogP contribution in [0.1, 0.15) is 33.0 Å². The van der Waals surface area contributed by atoms with Gasteiger partial charge in [0.05, 0.1) is 5.69 Å². The molecule has 0 radical (unpaired) electrons. The summed E-state index contributed by atoms with van der Waals surface area (Å²) in [5, 5.41) is 2.40. The van der Waals surface area contributed by atoms with Crippen LogP contribution in [0.25, 0.3) is 16.8 Å². The summed E-state index contributed by atoms with van der Waals surface area (Å²) in [5.74, 6) is 0.0382. The normalized spacial score (nSPS) is 15.3. The molecule has 40 heavy (non-hydrogen) atoms. The molecule has 1 aliphatic rings. The Labute approximate surface area is 234 Å². The van der Waals surface area contributed by atoms with Crippen LogP contribution in [0.3, 0.4) is 0 Å². The van der Waals surface area contributed by atoms with Crippen molar-refractivity contribution in [3.63, 3.8) is 0 Å². The van der Waals surface area contributed by atoms with E-state index in [0.29, 0.717) is 0 Å². The van der Waals surface area contributed by atoms with Crippen LogP contribution in [0.4, 0.5) is 17.1 Å². The molecule has 0 aliphatic heterocycles. The van der Waals surface area contributed by atoms with Crippen molar-refractivity contribution < 1.29 is 4.79 Å². The molecule has 1 aliphatic carbocycles. The van der Waals surface area contributed by atoms with Crippen molar-refractivity contribution >= 4 is 39.7 Å². The first kappa shape index (κ1) is 23.9. The van der Waals surface area contributed by atoms with E-state index in [0.717, 1.165) is 44.9 Å². The number of hydrogen-bond donors (Lipinski definition) is 0. The van der Waals surface area contributed by atoms with Crippen molar-refractivity contribution in [2.24, 2.45) is 0 Å². The van der Waals surface area contributed by atoms with Gasteiger partial charge in [0.15, 0.2) is 5.78 Å². The first-order chi connectivity index (χ1) is 19.8. The molecule has 6 aromatic rings. The molecule has 0 saturated heterocycles. The molecule has 1 atom stereocenters. The van der Waals surface area contributed by atoms with E-state index >= 15 is 0 Å². The first-order valence-corrected chi connectivity index (χ1v) is 13.6. The summed E-state index contributed by atoms with van der Waals surface area (Å²) in [4.78, 5) is 15.9. The second-order valence-corrected chi connectivity index (χ2v) is 10.1. The summed E-state index contributed by atoms with van der Waals surface area (Å²) in [6, 6.07) is 52.2. The van der Waals surface area contributed by atoms with E-state index in [1.165, 1.54) is 10.8 Å². The SMILES string of the molecule is O=C1/C(=C\c2ccc(N(c3ccccc3)c3cccc4ccccc34)cc2)C(c2ccccc2)c2ccccc21. The van der Waals surface area contributed by atoms with Crippen molar-refractivity contribution in [3.8, 4) is 0 Å². The molecule has 190 valence electrons. The van der Waals surface area contributed by atoms with E-state index in [9.17, 15) is 4.79 Å². The van der Waals surface area contributed by atoms with E-state index in [-0.39, 0.29) is 11.7 Å². The van der Waals surface area contributed by atoms with Gasteiger partial charge in [0.25, 0.3) is 0 Å². The second-order valence-electron chi connectivity index (χ2n) is 10.1. The van der Waals surface area contributed by atoms with Crippen LogP contribution in [-0.2, 0) is 0 Å². The fourth-order valence-corrected chi connectivity index (χ4v) is 5.87. The molecule has 0 bridgehead atoms. The van der Waals surface area contributed by atoms with E-state index in [1.54, 1.807) is 0 Å². The molecule has 0 amide bonds. The highest BCUT2D eigenvalue weighted by Crippen LogP contribution is 2.43. The highest BCUT2D eigenvalue weighted by Gasteiger charge is 2.35. The van der Waals surface area contributed by atoms with Gasteiger partial charge >= 0.3 is 0 Å². The fourth-order valence-electron chi connectivity index (χ4n) is 5.87. The van der Waals surface area contributed by atoms with Gasteiger partial charge in [0.1, 0.15) is 0 Å². The lowest BCUT2D eigenvalue weighted by Gasteiger charge is -2.27. The van der Waals surface area contributed by atoms with Crippen LogP contribution in [0, 0.1) is 0 Å². The maximum Gasteiger partial charge on any atom is 0.190 e. The van der Waals surface area contributed by atoms with Crippen molar-refractivity contribution in [2.45, 2.75) is 5.92 Å². The summed E-state index contributed by atoms with van der Waals surface area (Å²) in [6.45, 7) is 0. The lowest BCUT2D eigenvalue weighted by molar-refractivity contribution is 0.103. The van der Waals surface area contributed by atoms with Gasteiger partial charge in [-0.05, 0) is 58.5 Å². The minimum absolute atomic E-state index is 0.0684. The number of para-hydroxylation sites is 1. The molecular weight excluding hydrogens is 486 g/mol. The lowest BCUT2D eigenvalue weighted by Crippen LogP contribution is -2.10. The molecule has 0 saturated carbocycles. The number of nitrogens with zero attached hydrogens (tertiary/aromatic N) is 1. The van der Waals surface area contributed by atoms with Crippen LogP contribution in [-0.4, -0.2) is 5.78 Å². The van der Waals surface area contributed by atoms with Crippen LogP contribution in [0.15, 0.2) is 157 Å². The third kappa shape index (κ3) is 4.20. The number of carbonyl (C=O) groups excluding carboxylic acids is 1. The Morgan fingerprint density at radius 3 is 1.98 bits per heavy atom. The van der Waals surface area contributed by atoms with E-state index in [4.69, 9.17) is 0 Å². The summed E-state index contributed by atoms with van der Waals surface area (Å²) >= 11 is 0. The molecule has 0 aromatic heterocycles. The number of anilines is 3.